The number of carbonyl (C=O) groups excluding carboxylic acids is 1. The average Bonchev–Trinajstić information content (AvgIpc) is 2.75. The summed E-state index contributed by atoms with van der Waals surface area (Å²) in [7, 11) is 0. The summed E-state index contributed by atoms with van der Waals surface area (Å²) in [6.45, 7) is 4.73. The lowest BCUT2D eigenvalue weighted by Crippen LogP contribution is -2.33. The Hall–Kier alpha value is -3.11. The van der Waals surface area contributed by atoms with Gasteiger partial charge in [-0.25, -0.2) is 4.98 Å². The molecule has 0 bridgehead atoms. The van der Waals surface area contributed by atoms with Crippen LogP contribution in [0.15, 0.2) is 64.5 Å². The lowest BCUT2D eigenvalue weighted by Gasteiger charge is -2.20. The maximum Gasteiger partial charge on any atom is 0.262 e. The normalized spacial score (nSPS) is 10.9. The number of amides is 1. The van der Waals surface area contributed by atoms with Crippen LogP contribution in [0.1, 0.15) is 20.3 Å². The van der Waals surface area contributed by atoms with Crippen LogP contribution in [-0.4, -0.2) is 27.8 Å². The quantitative estimate of drug-likeness (QED) is 0.312. The van der Waals surface area contributed by atoms with Crippen LogP contribution < -0.4 is 10.5 Å². The van der Waals surface area contributed by atoms with E-state index in [0.29, 0.717) is 34.2 Å². The number of nitrogens with zero attached hydrogens (tertiary/aromatic N) is 4. The number of anilines is 1. The first-order valence-electron chi connectivity index (χ1n) is 9.86. The first-order valence-corrected chi connectivity index (χ1v) is 10.8. The third kappa shape index (κ3) is 5.08. The predicted molar refractivity (Wildman–Crippen MR) is 121 cm³/mol. The van der Waals surface area contributed by atoms with Crippen molar-refractivity contribution in [2.24, 2.45) is 5.92 Å². The van der Waals surface area contributed by atoms with E-state index in [1.54, 1.807) is 28.8 Å². The van der Waals surface area contributed by atoms with Gasteiger partial charge in [0.15, 0.2) is 5.16 Å². The van der Waals surface area contributed by atoms with Gasteiger partial charge in [0, 0.05) is 12.2 Å². The molecule has 0 saturated carbocycles. The zero-order chi connectivity index (χ0) is 21.5. The molecule has 1 aromatic heterocycles. The molecule has 6 nitrogen and oxygen atoms in total. The lowest BCUT2D eigenvalue weighted by atomic mass is 10.1. The van der Waals surface area contributed by atoms with Gasteiger partial charge in [0.25, 0.3) is 5.56 Å². The van der Waals surface area contributed by atoms with Gasteiger partial charge >= 0.3 is 0 Å². The standard InChI is InChI=1S/C23H24N4O2S/c1-17(2)12-14-27-22(29)19-10-6-7-11-20(19)25-23(27)30-16-21(28)26(15-13-24)18-8-4-3-5-9-18/h3-11,17H,12,14-16H2,1-2H3. The molecular weight excluding hydrogens is 396 g/mol. The highest BCUT2D eigenvalue weighted by atomic mass is 32.2. The number of fused-ring (bicyclic) bond motifs is 1. The van der Waals surface area contributed by atoms with Crippen molar-refractivity contribution < 1.29 is 4.79 Å². The van der Waals surface area contributed by atoms with E-state index in [2.05, 4.69) is 18.8 Å². The monoisotopic (exact) mass is 420 g/mol. The summed E-state index contributed by atoms with van der Waals surface area (Å²) < 4.78 is 1.66. The molecule has 1 heterocycles. The molecule has 0 aliphatic carbocycles. The van der Waals surface area contributed by atoms with Crippen molar-refractivity contribution in [3.05, 3.63) is 65.0 Å². The maximum atomic E-state index is 13.0. The molecule has 154 valence electrons. The largest absolute Gasteiger partial charge is 0.298 e. The highest BCUT2D eigenvalue weighted by molar-refractivity contribution is 7.99. The van der Waals surface area contributed by atoms with Gasteiger partial charge in [-0.15, -0.1) is 0 Å². The van der Waals surface area contributed by atoms with Gasteiger partial charge in [-0.05, 0) is 36.6 Å². The Morgan fingerprint density at radius 3 is 2.57 bits per heavy atom. The third-order valence-corrected chi connectivity index (χ3v) is 5.64. The molecule has 0 aliphatic heterocycles. The van der Waals surface area contributed by atoms with Crippen molar-refractivity contribution in [3.8, 4) is 6.07 Å². The first kappa shape index (κ1) is 21.6. The summed E-state index contributed by atoms with van der Waals surface area (Å²) in [5.74, 6) is 0.320. The second-order valence-corrected chi connectivity index (χ2v) is 8.26. The van der Waals surface area contributed by atoms with Crippen molar-refractivity contribution in [1.82, 2.24) is 9.55 Å². The van der Waals surface area contributed by atoms with Crippen LogP contribution in [0.5, 0.6) is 0 Å². The number of nitriles is 1. The number of carbonyl (C=O) groups is 1. The van der Waals surface area contributed by atoms with Gasteiger partial charge in [0.05, 0.1) is 22.7 Å². The molecule has 0 spiro atoms. The topological polar surface area (TPSA) is 79.0 Å². The molecule has 0 saturated heterocycles. The van der Waals surface area contributed by atoms with Crippen LogP contribution >= 0.6 is 11.8 Å². The molecule has 0 atom stereocenters. The van der Waals surface area contributed by atoms with Crippen LogP contribution in [0.25, 0.3) is 10.9 Å². The number of para-hydroxylation sites is 2. The van der Waals surface area contributed by atoms with Gasteiger partial charge < -0.3 is 0 Å². The second kappa shape index (κ2) is 10.1. The average molecular weight is 421 g/mol. The van der Waals surface area contributed by atoms with E-state index in [-0.39, 0.29) is 23.8 Å². The molecular formula is C23H24N4O2S. The Kier molecular flexibility index (Phi) is 7.26. The summed E-state index contributed by atoms with van der Waals surface area (Å²) in [6.07, 6.45) is 0.839. The Balaban J connectivity index is 1.88. The fourth-order valence-electron chi connectivity index (χ4n) is 3.05. The van der Waals surface area contributed by atoms with Crippen molar-refractivity contribution in [3.63, 3.8) is 0 Å². The number of thioether (sulfide) groups is 1. The number of aromatic nitrogens is 2. The maximum absolute atomic E-state index is 13.0. The molecule has 0 aliphatic rings. The highest BCUT2D eigenvalue weighted by Crippen LogP contribution is 2.21. The number of hydrogen-bond donors (Lipinski definition) is 0. The summed E-state index contributed by atoms with van der Waals surface area (Å²) in [6, 6.07) is 18.4. The molecule has 1 amide bonds. The van der Waals surface area contributed by atoms with Crippen LogP contribution in [0.2, 0.25) is 0 Å². The zero-order valence-electron chi connectivity index (χ0n) is 17.1. The number of hydrogen-bond acceptors (Lipinski definition) is 5. The molecule has 7 heteroatoms. The van der Waals surface area contributed by atoms with Crippen LogP contribution in [-0.2, 0) is 11.3 Å². The Morgan fingerprint density at radius 2 is 1.87 bits per heavy atom. The SMILES string of the molecule is CC(C)CCn1c(SCC(=O)N(CC#N)c2ccccc2)nc2ccccc2c1=O. The van der Waals surface area contributed by atoms with E-state index in [1.165, 1.54) is 16.7 Å². The van der Waals surface area contributed by atoms with E-state index in [9.17, 15) is 9.59 Å². The summed E-state index contributed by atoms with van der Waals surface area (Å²) in [4.78, 5) is 32.0. The Morgan fingerprint density at radius 1 is 1.17 bits per heavy atom. The van der Waals surface area contributed by atoms with Gasteiger partial charge in [-0.3, -0.25) is 19.1 Å². The van der Waals surface area contributed by atoms with E-state index >= 15 is 0 Å². The summed E-state index contributed by atoms with van der Waals surface area (Å²) in [5, 5.41) is 10.2. The number of benzene rings is 2. The van der Waals surface area contributed by atoms with Crippen molar-refractivity contribution >= 4 is 34.3 Å². The molecule has 0 radical (unpaired) electrons. The predicted octanol–water partition coefficient (Wildman–Crippen LogP) is 4.09. The van der Waals surface area contributed by atoms with Crippen LogP contribution in [0.3, 0.4) is 0 Å². The van der Waals surface area contributed by atoms with E-state index in [1.807, 2.05) is 36.4 Å². The molecule has 0 N–H and O–H groups in total. The molecule has 2 aromatic carbocycles. The van der Waals surface area contributed by atoms with Gasteiger partial charge in [0.2, 0.25) is 5.91 Å². The zero-order valence-corrected chi connectivity index (χ0v) is 17.9. The molecule has 30 heavy (non-hydrogen) atoms. The summed E-state index contributed by atoms with van der Waals surface area (Å²) in [5.41, 5.74) is 1.21. The molecule has 3 rings (SSSR count). The molecule has 3 aromatic rings. The van der Waals surface area contributed by atoms with Crippen molar-refractivity contribution in [2.75, 3.05) is 17.2 Å². The third-order valence-electron chi connectivity index (χ3n) is 4.68. The smallest absolute Gasteiger partial charge is 0.262 e. The van der Waals surface area contributed by atoms with E-state index in [0.717, 1.165) is 6.42 Å². The lowest BCUT2D eigenvalue weighted by molar-refractivity contribution is -0.116. The van der Waals surface area contributed by atoms with Gasteiger partial charge in [0.1, 0.15) is 6.54 Å². The minimum Gasteiger partial charge on any atom is -0.298 e. The highest BCUT2D eigenvalue weighted by Gasteiger charge is 2.18. The first-order chi connectivity index (χ1) is 14.5. The van der Waals surface area contributed by atoms with Gasteiger partial charge in [-0.2, -0.15) is 5.26 Å². The molecule has 0 unspecified atom stereocenters. The van der Waals surface area contributed by atoms with Crippen molar-refractivity contribution in [2.45, 2.75) is 32.0 Å². The van der Waals surface area contributed by atoms with Crippen LogP contribution in [0.4, 0.5) is 5.69 Å². The minimum absolute atomic E-state index is 0.0330. The van der Waals surface area contributed by atoms with E-state index in [4.69, 9.17) is 5.26 Å². The molecule has 0 fully saturated rings. The minimum atomic E-state index is -0.203. The number of rotatable bonds is 8. The Labute approximate surface area is 180 Å². The van der Waals surface area contributed by atoms with E-state index < -0.39 is 0 Å². The Bertz CT molecular complexity index is 1120. The fraction of sp³-hybridized carbons (Fsp3) is 0.304. The van der Waals surface area contributed by atoms with Gasteiger partial charge in [-0.1, -0.05) is 55.9 Å². The second-order valence-electron chi connectivity index (χ2n) is 7.31. The van der Waals surface area contributed by atoms with Crippen LogP contribution in [0, 0.1) is 17.2 Å². The summed E-state index contributed by atoms with van der Waals surface area (Å²) >= 11 is 1.24. The van der Waals surface area contributed by atoms with Crippen molar-refractivity contribution in [1.29, 1.82) is 5.26 Å². The fourth-order valence-corrected chi connectivity index (χ4v) is 3.95.